The Labute approximate surface area is 102 Å². The number of carbonyl (C=O) groups excluding carboxylic acids is 1. The quantitative estimate of drug-likeness (QED) is 0.751. The Hall–Kier alpha value is -1.38. The summed E-state index contributed by atoms with van der Waals surface area (Å²) in [5.74, 6) is -1.23. The second kappa shape index (κ2) is 5.80. The van der Waals surface area contributed by atoms with Crippen molar-refractivity contribution in [2.75, 3.05) is 6.61 Å². The van der Waals surface area contributed by atoms with E-state index >= 15 is 0 Å². The zero-order chi connectivity index (χ0) is 13.0. The summed E-state index contributed by atoms with van der Waals surface area (Å²) in [5.41, 5.74) is 1.37. The van der Waals surface area contributed by atoms with Crippen LogP contribution < -0.4 is 0 Å². The maximum absolute atomic E-state index is 13.8. The monoisotopic (exact) mass is 238 g/mol. The van der Waals surface area contributed by atoms with E-state index in [1.54, 1.807) is 19.1 Å². The summed E-state index contributed by atoms with van der Waals surface area (Å²) in [6.07, 6.45) is 0. The van der Waals surface area contributed by atoms with Gasteiger partial charge in [-0.25, -0.2) is 4.39 Å². The van der Waals surface area contributed by atoms with Crippen molar-refractivity contribution < 1.29 is 13.9 Å². The fourth-order valence-electron chi connectivity index (χ4n) is 1.89. The molecule has 94 valence electrons. The molecule has 0 aliphatic heterocycles. The third-order valence-corrected chi connectivity index (χ3v) is 2.69. The molecule has 0 spiro atoms. The van der Waals surface area contributed by atoms with Crippen molar-refractivity contribution in [1.29, 1.82) is 0 Å². The molecule has 0 amide bonds. The van der Waals surface area contributed by atoms with E-state index in [9.17, 15) is 9.18 Å². The van der Waals surface area contributed by atoms with Gasteiger partial charge in [0.2, 0.25) is 0 Å². The zero-order valence-corrected chi connectivity index (χ0v) is 10.8. The number of esters is 1. The molecule has 0 bridgehead atoms. The normalized spacial score (nSPS) is 12.6. The van der Waals surface area contributed by atoms with Crippen LogP contribution in [0.2, 0.25) is 0 Å². The van der Waals surface area contributed by atoms with Crippen molar-refractivity contribution in [2.45, 2.75) is 33.6 Å². The summed E-state index contributed by atoms with van der Waals surface area (Å²) < 4.78 is 18.8. The van der Waals surface area contributed by atoms with Gasteiger partial charge < -0.3 is 4.74 Å². The smallest absolute Gasteiger partial charge is 0.313 e. The van der Waals surface area contributed by atoms with E-state index in [4.69, 9.17) is 4.74 Å². The molecule has 1 atom stereocenters. The molecule has 1 aromatic rings. The Bertz CT molecular complexity index is 399. The van der Waals surface area contributed by atoms with E-state index < -0.39 is 5.92 Å². The fraction of sp³-hybridized carbons (Fsp3) is 0.500. The lowest BCUT2D eigenvalue weighted by Gasteiger charge is -2.20. The highest BCUT2D eigenvalue weighted by molar-refractivity contribution is 5.78. The van der Waals surface area contributed by atoms with Gasteiger partial charge in [-0.3, -0.25) is 4.79 Å². The van der Waals surface area contributed by atoms with Crippen LogP contribution in [0.1, 0.15) is 37.8 Å². The Kier molecular flexibility index (Phi) is 4.67. The van der Waals surface area contributed by atoms with E-state index in [-0.39, 0.29) is 17.7 Å². The second-order valence-corrected chi connectivity index (χ2v) is 4.50. The summed E-state index contributed by atoms with van der Waals surface area (Å²) in [6, 6.07) is 4.82. The number of rotatable bonds is 4. The number of aryl methyl sites for hydroxylation is 1. The Morgan fingerprint density at radius 2 is 2.06 bits per heavy atom. The molecule has 1 aromatic carbocycles. The van der Waals surface area contributed by atoms with Crippen LogP contribution in [0.4, 0.5) is 4.39 Å². The topological polar surface area (TPSA) is 26.3 Å². The number of halogens is 1. The molecule has 0 aromatic heterocycles. The third-order valence-electron chi connectivity index (χ3n) is 2.69. The molecule has 0 saturated carbocycles. The van der Waals surface area contributed by atoms with Crippen molar-refractivity contribution in [1.82, 2.24) is 0 Å². The van der Waals surface area contributed by atoms with E-state index in [1.165, 1.54) is 6.07 Å². The Balaban J connectivity index is 3.13. The third kappa shape index (κ3) is 3.29. The molecule has 0 saturated heterocycles. The molecule has 0 radical (unpaired) electrons. The van der Waals surface area contributed by atoms with Crippen LogP contribution >= 0.6 is 0 Å². The minimum Gasteiger partial charge on any atom is -0.466 e. The zero-order valence-electron chi connectivity index (χ0n) is 10.8. The highest BCUT2D eigenvalue weighted by Crippen LogP contribution is 2.28. The van der Waals surface area contributed by atoms with E-state index in [0.29, 0.717) is 12.2 Å². The van der Waals surface area contributed by atoms with Crippen LogP contribution in [0.25, 0.3) is 0 Å². The minimum atomic E-state index is -0.533. The van der Waals surface area contributed by atoms with Crippen molar-refractivity contribution in [3.05, 3.63) is 35.1 Å². The standard InChI is InChI=1S/C14H19FO2/c1-5-17-14(16)13(9(2)3)11-8-10(4)6-7-12(11)15/h6-9,13H,5H2,1-4H3. The molecule has 0 aliphatic rings. The SMILES string of the molecule is CCOC(=O)C(c1cc(C)ccc1F)C(C)C. The first-order valence-electron chi connectivity index (χ1n) is 5.90. The van der Waals surface area contributed by atoms with E-state index in [0.717, 1.165) is 5.56 Å². The minimum absolute atomic E-state index is 0.00495. The number of hydrogen-bond donors (Lipinski definition) is 0. The highest BCUT2D eigenvalue weighted by atomic mass is 19.1. The molecule has 0 N–H and O–H groups in total. The predicted molar refractivity (Wildman–Crippen MR) is 65.3 cm³/mol. The lowest BCUT2D eigenvalue weighted by molar-refractivity contribution is -0.146. The number of carbonyl (C=O) groups is 1. The van der Waals surface area contributed by atoms with Gasteiger partial charge in [-0.1, -0.05) is 31.5 Å². The highest BCUT2D eigenvalue weighted by Gasteiger charge is 2.28. The molecule has 3 heteroatoms. The van der Waals surface area contributed by atoms with Crippen LogP contribution in [0, 0.1) is 18.7 Å². The first-order chi connectivity index (χ1) is 7.97. The maximum Gasteiger partial charge on any atom is 0.313 e. The van der Waals surface area contributed by atoms with Crippen LogP contribution in [-0.4, -0.2) is 12.6 Å². The Morgan fingerprint density at radius 3 is 2.59 bits per heavy atom. The molecule has 0 aliphatic carbocycles. The van der Waals surface area contributed by atoms with Crippen LogP contribution in [0.5, 0.6) is 0 Å². The summed E-state index contributed by atoms with van der Waals surface area (Å²) in [7, 11) is 0. The fourth-order valence-corrected chi connectivity index (χ4v) is 1.89. The van der Waals surface area contributed by atoms with Crippen molar-refractivity contribution in [3.8, 4) is 0 Å². The van der Waals surface area contributed by atoms with Crippen molar-refractivity contribution in [2.24, 2.45) is 5.92 Å². The van der Waals surface area contributed by atoms with Crippen LogP contribution in [0.3, 0.4) is 0 Å². The maximum atomic E-state index is 13.8. The van der Waals surface area contributed by atoms with Gasteiger partial charge in [-0.15, -0.1) is 0 Å². The van der Waals surface area contributed by atoms with Crippen LogP contribution in [0.15, 0.2) is 18.2 Å². The van der Waals surface area contributed by atoms with Gasteiger partial charge in [-0.05, 0) is 25.8 Å². The molecule has 17 heavy (non-hydrogen) atoms. The largest absolute Gasteiger partial charge is 0.466 e. The molecular formula is C14H19FO2. The van der Waals surface area contributed by atoms with Gasteiger partial charge in [-0.2, -0.15) is 0 Å². The van der Waals surface area contributed by atoms with E-state index in [2.05, 4.69) is 0 Å². The van der Waals surface area contributed by atoms with Gasteiger partial charge in [0.25, 0.3) is 0 Å². The summed E-state index contributed by atoms with van der Waals surface area (Å²) in [6.45, 7) is 7.73. The van der Waals surface area contributed by atoms with Gasteiger partial charge >= 0.3 is 5.97 Å². The molecular weight excluding hydrogens is 219 g/mol. The lowest BCUT2D eigenvalue weighted by atomic mass is 9.87. The van der Waals surface area contributed by atoms with Gasteiger partial charge in [0.1, 0.15) is 5.82 Å². The summed E-state index contributed by atoms with van der Waals surface area (Å²) >= 11 is 0. The average Bonchev–Trinajstić information content (AvgIpc) is 2.23. The molecule has 0 heterocycles. The van der Waals surface area contributed by atoms with Gasteiger partial charge in [0.05, 0.1) is 12.5 Å². The molecule has 0 fully saturated rings. The molecule has 1 rings (SSSR count). The van der Waals surface area contributed by atoms with Gasteiger partial charge in [0.15, 0.2) is 0 Å². The lowest BCUT2D eigenvalue weighted by Crippen LogP contribution is -2.22. The second-order valence-electron chi connectivity index (χ2n) is 4.50. The average molecular weight is 238 g/mol. The summed E-state index contributed by atoms with van der Waals surface area (Å²) in [4.78, 5) is 11.9. The first kappa shape index (κ1) is 13.7. The number of hydrogen-bond acceptors (Lipinski definition) is 2. The molecule has 1 unspecified atom stereocenters. The number of ether oxygens (including phenoxy) is 1. The predicted octanol–water partition coefficient (Wildman–Crippen LogP) is 3.44. The van der Waals surface area contributed by atoms with E-state index in [1.807, 2.05) is 20.8 Å². The number of benzene rings is 1. The molecule has 2 nitrogen and oxygen atoms in total. The summed E-state index contributed by atoms with van der Waals surface area (Å²) in [5, 5.41) is 0. The van der Waals surface area contributed by atoms with Gasteiger partial charge in [0, 0.05) is 5.56 Å². The van der Waals surface area contributed by atoms with Crippen molar-refractivity contribution >= 4 is 5.97 Å². The first-order valence-corrected chi connectivity index (χ1v) is 5.90. The Morgan fingerprint density at radius 1 is 1.41 bits per heavy atom. The van der Waals surface area contributed by atoms with Crippen molar-refractivity contribution in [3.63, 3.8) is 0 Å². The van der Waals surface area contributed by atoms with Crippen LogP contribution in [-0.2, 0) is 9.53 Å².